The fourth-order valence-electron chi connectivity index (χ4n) is 5.69. The lowest BCUT2D eigenvalue weighted by Gasteiger charge is -2.34. The predicted octanol–water partition coefficient (Wildman–Crippen LogP) is 5.80. The highest BCUT2D eigenvalue weighted by atomic mass is 16.6. The molecule has 182 valence electrons. The number of amides is 1. The molecule has 35 heavy (non-hydrogen) atoms. The Kier molecular flexibility index (Phi) is 6.24. The number of aromatic nitrogens is 1. The van der Waals surface area contributed by atoms with Gasteiger partial charge in [-0.3, -0.25) is 15.2 Å². The second-order valence-corrected chi connectivity index (χ2v) is 10.2. The maximum absolute atomic E-state index is 12.6. The van der Waals surface area contributed by atoms with Crippen LogP contribution >= 0.6 is 0 Å². The summed E-state index contributed by atoms with van der Waals surface area (Å²) in [5.41, 5.74) is 5.53. The maximum Gasteiger partial charge on any atom is 0.417 e. The van der Waals surface area contributed by atoms with Gasteiger partial charge in [0.05, 0.1) is 6.17 Å². The second kappa shape index (κ2) is 9.34. The molecule has 5 rings (SSSR count). The van der Waals surface area contributed by atoms with E-state index in [4.69, 9.17) is 4.74 Å². The zero-order valence-electron chi connectivity index (χ0n) is 21.0. The van der Waals surface area contributed by atoms with Crippen LogP contribution in [0.2, 0.25) is 0 Å². The summed E-state index contributed by atoms with van der Waals surface area (Å²) >= 11 is 0. The van der Waals surface area contributed by atoms with Crippen LogP contribution in [0.25, 0.3) is 0 Å². The minimum absolute atomic E-state index is 0.0171. The number of carbonyl (C=O) groups is 1. The highest BCUT2D eigenvalue weighted by molar-refractivity contribution is 5.86. The van der Waals surface area contributed by atoms with Gasteiger partial charge in [0.15, 0.2) is 0 Å². The number of hydrogen-bond acceptors (Lipinski definition) is 5. The Morgan fingerprint density at radius 1 is 1.17 bits per heavy atom. The first-order valence-corrected chi connectivity index (χ1v) is 12.5. The van der Waals surface area contributed by atoms with Crippen LogP contribution in [0.4, 0.5) is 16.2 Å². The molecule has 1 saturated heterocycles. The lowest BCUT2D eigenvalue weighted by atomic mass is 9.81. The van der Waals surface area contributed by atoms with Crippen molar-refractivity contribution in [2.24, 2.45) is 0 Å². The van der Waals surface area contributed by atoms with Crippen LogP contribution in [0.1, 0.15) is 49.9 Å². The van der Waals surface area contributed by atoms with Gasteiger partial charge in [-0.2, -0.15) is 0 Å². The zero-order valence-corrected chi connectivity index (χ0v) is 21.0. The van der Waals surface area contributed by atoms with Crippen molar-refractivity contribution in [3.8, 4) is 5.75 Å². The lowest BCUT2D eigenvalue weighted by Crippen LogP contribution is -2.47. The quantitative estimate of drug-likeness (QED) is 0.494. The van der Waals surface area contributed by atoms with Crippen molar-refractivity contribution in [3.63, 3.8) is 0 Å². The van der Waals surface area contributed by atoms with Crippen LogP contribution in [0.15, 0.2) is 66.9 Å². The van der Waals surface area contributed by atoms with Crippen LogP contribution < -0.4 is 15.0 Å². The molecule has 6 nitrogen and oxygen atoms in total. The zero-order chi connectivity index (χ0) is 24.6. The Balaban J connectivity index is 1.27. The van der Waals surface area contributed by atoms with Gasteiger partial charge in [0.25, 0.3) is 0 Å². The van der Waals surface area contributed by atoms with Crippen LogP contribution in [-0.4, -0.2) is 42.3 Å². The molecule has 3 heterocycles. The number of likely N-dealkylation sites (N-methyl/N-ethyl adjacent to an activating group) is 1. The maximum atomic E-state index is 12.6. The molecule has 1 fully saturated rings. The van der Waals surface area contributed by atoms with E-state index in [1.54, 1.807) is 0 Å². The van der Waals surface area contributed by atoms with E-state index in [-0.39, 0.29) is 11.6 Å². The molecule has 0 bridgehead atoms. The number of nitrogens with zero attached hydrogens (tertiary/aromatic N) is 3. The minimum atomic E-state index is -0.473. The second-order valence-electron chi connectivity index (χ2n) is 10.2. The van der Waals surface area contributed by atoms with Crippen molar-refractivity contribution in [1.82, 2.24) is 9.88 Å². The van der Waals surface area contributed by atoms with Crippen molar-refractivity contribution in [3.05, 3.63) is 83.7 Å². The molecule has 2 atom stereocenters. The van der Waals surface area contributed by atoms with Gasteiger partial charge in [-0.05, 0) is 65.9 Å². The van der Waals surface area contributed by atoms with Gasteiger partial charge in [-0.25, -0.2) is 4.79 Å². The monoisotopic (exact) mass is 470 g/mol. The molecular formula is C29H34N4O2. The van der Waals surface area contributed by atoms with Crippen molar-refractivity contribution in [2.75, 3.05) is 30.4 Å². The van der Waals surface area contributed by atoms with Gasteiger partial charge >= 0.3 is 6.09 Å². The first-order valence-electron chi connectivity index (χ1n) is 12.5. The largest absolute Gasteiger partial charge is 0.417 e. The van der Waals surface area contributed by atoms with E-state index in [0.29, 0.717) is 11.7 Å². The Labute approximate surface area is 207 Å². The molecule has 1 N–H and O–H groups in total. The fraction of sp³-hybridized carbons (Fsp3) is 0.379. The van der Waals surface area contributed by atoms with E-state index in [9.17, 15) is 4.79 Å². The number of likely N-dealkylation sites (tertiary alicyclic amines) is 1. The fourth-order valence-corrected chi connectivity index (χ4v) is 5.69. The number of fused-ring (bicyclic) bond motifs is 3. The van der Waals surface area contributed by atoms with Gasteiger partial charge in [0, 0.05) is 55.2 Å². The molecule has 2 aliphatic heterocycles. The highest BCUT2D eigenvalue weighted by Gasteiger charge is 2.53. The third-order valence-electron chi connectivity index (χ3n) is 7.58. The Morgan fingerprint density at radius 3 is 2.69 bits per heavy atom. The number of nitrogens with one attached hydrogen (secondary N) is 1. The summed E-state index contributed by atoms with van der Waals surface area (Å²) in [6.07, 6.45) is 3.67. The molecule has 0 radical (unpaired) electrons. The van der Waals surface area contributed by atoms with Gasteiger partial charge in [0.2, 0.25) is 0 Å². The summed E-state index contributed by atoms with van der Waals surface area (Å²) in [5.74, 6) is 1.02. The standard InChI is InChI=1S/C29H34N4O2/c1-20(2)21-8-10-23(11-9-21)31-28(34)35-24-12-13-26-25(19-24)29(3)15-18-33(27(29)32(26)4)17-14-22-7-5-6-16-30-22/h5-13,16,19-20,27H,14-15,17-18H2,1-4H3,(H,31,34)/t27-,29-/m0/s1. The third-order valence-corrected chi connectivity index (χ3v) is 7.58. The average Bonchev–Trinajstić information content (AvgIpc) is 3.30. The number of hydrogen-bond donors (Lipinski definition) is 1. The molecule has 0 unspecified atom stereocenters. The summed E-state index contributed by atoms with van der Waals surface area (Å²) in [4.78, 5) is 22.0. The van der Waals surface area contributed by atoms with E-state index >= 15 is 0 Å². The molecule has 6 heteroatoms. The predicted molar refractivity (Wildman–Crippen MR) is 140 cm³/mol. The molecular weight excluding hydrogens is 436 g/mol. The lowest BCUT2D eigenvalue weighted by molar-refractivity contribution is 0.215. The Hall–Kier alpha value is -3.38. The van der Waals surface area contributed by atoms with Gasteiger partial charge in [-0.15, -0.1) is 0 Å². The minimum Gasteiger partial charge on any atom is -0.410 e. The van der Waals surface area contributed by atoms with Gasteiger partial charge in [-0.1, -0.05) is 39.0 Å². The molecule has 0 saturated carbocycles. The molecule has 1 amide bonds. The summed E-state index contributed by atoms with van der Waals surface area (Å²) in [5, 5.41) is 2.84. The first-order chi connectivity index (χ1) is 16.8. The van der Waals surface area contributed by atoms with Crippen molar-refractivity contribution < 1.29 is 9.53 Å². The van der Waals surface area contributed by atoms with E-state index < -0.39 is 6.09 Å². The summed E-state index contributed by atoms with van der Waals surface area (Å²) in [6.45, 7) is 8.64. The molecule has 3 aromatic rings. The Morgan fingerprint density at radius 2 is 1.97 bits per heavy atom. The van der Waals surface area contributed by atoms with Crippen LogP contribution in [-0.2, 0) is 11.8 Å². The number of pyridine rings is 1. The van der Waals surface area contributed by atoms with Crippen LogP contribution in [0.3, 0.4) is 0 Å². The van der Waals surface area contributed by atoms with E-state index in [1.807, 2.05) is 48.7 Å². The number of benzene rings is 2. The molecule has 2 aliphatic rings. The Bertz CT molecular complexity index is 1200. The third kappa shape index (κ3) is 4.50. The average molecular weight is 471 g/mol. The molecule has 0 spiro atoms. The smallest absolute Gasteiger partial charge is 0.410 e. The van der Waals surface area contributed by atoms with Gasteiger partial charge < -0.3 is 9.64 Å². The first kappa shape index (κ1) is 23.4. The van der Waals surface area contributed by atoms with Crippen LogP contribution in [0.5, 0.6) is 5.75 Å². The topological polar surface area (TPSA) is 57.7 Å². The normalized spacial score (nSPS) is 21.2. The highest BCUT2D eigenvalue weighted by Crippen LogP contribution is 2.52. The van der Waals surface area contributed by atoms with E-state index in [0.717, 1.165) is 37.3 Å². The van der Waals surface area contributed by atoms with Gasteiger partial charge in [0.1, 0.15) is 5.75 Å². The number of carbonyl (C=O) groups excluding carboxylic acids is 1. The van der Waals surface area contributed by atoms with Crippen molar-refractivity contribution in [1.29, 1.82) is 0 Å². The summed E-state index contributed by atoms with van der Waals surface area (Å²) in [6, 6.07) is 20.0. The van der Waals surface area contributed by atoms with E-state index in [1.165, 1.54) is 16.8 Å². The summed E-state index contributed by atoms with van der Waals surface area (Å²) < 4.78 is 5.69. The van der Waals surface area contributed by atoms with E-state index in [2.05, 4.69) is 66.1 Å². The number of rotatable bonds is 6. The van der Waals surface area contributed by atoms with Crippen LogP contribution in [0, 0.1) is 0 Å². The van der Waals surface area contributed by atoms with Crippen molar-refractivity contribution in [2.45, 2.75) is 51.1 Å². The molecule has 0 aliphatic carbocycles. The number of anilines is 2. The SMILES string of the molecule is CC(C)c1ccc(NC(=O)Oc2ccc3c(c2)[C@]2(C)CCN(CCc4ccccn4)[C@@H]2N3C)cc1. The number of ether oxygens (including phenoxy) is 1. The molecule has 1 aromatic heterocycles. The van der Waals surface area contributed by atoms with Crippen molar-refractivity contribution >= 4 is 17.5 Å². The molecule has 2 aromatic carbocycles. The summed E-state index contributed by atoms with van der Waals surface area (Å²) in [7, 11) is 2.17.